The van der Waals surface area contributed by atoms with Crippen LogP contribution in [-0.2, 0) is 4.74 Å². The minimum absolute atomic E-state index is 0.308. The second-order valence-corrected chi connectivity index (χ2v) is 4.94. The van der Waals surface area contributed by atoms with Gasteiger partial charge in [0.15, 0.2) is 0 Å². The fourth-order valence-electron chi connectivity index (χ4n) is 2.01. The van der Waals surface area contributed by atoms with Crippen molar-refractivity contribution in [1.82, 2.24) is 0 Å². The highest BCUT2D eigenvalue weighted by Crippen LogP contribution is 2.28. The summed E-state index contributed by atoms with van der Waals surface area (Å²) in [5, 5.41) is 4.09. The molecule has 1 aliphatic heterocycles. The molecular formula is C14H20ClNO2. The quantitative estimate of drug-likeness (QED) is 0.854. The van der Waals surface area contributed by atoms with Crippen LogP contribution in [0.1, 0.15) is 26.2 Å². The third-order valence-corrected chi connectivity index (χ3v) is 3.18. The summed E-state index contributed by atoms with van der Waals surface area (Å²) in [7, 11) is 0. The number of anilines is 1. The summed E-state index contributed by atoms with van der Waals surface area (Å²) in [6, 6.07) is 5.67. The summed E-state index contributed by atoms with van der Waals surface area (Å²) in [5.74, 6) is 0.860. The summed E-state index contributed by atoms with van der Waals surface area (Å²) in [5.41, 5.74) is 0.950. The first-order valence-corrected chi connectivity index (χ1v) is 6.95. The Balaban J connectivity index is 1.97. The van der Waals surface area contributed by atoms with E-state index in [1.807, 2.05) is 18.2 Å². The van der Waals surface area contributed by atoms with Crippen molar-refractivity contribution >= 4 is 17.3 Å². The fourth-order valence-corrected chi connectivity index (χ4v) is 2.18. The van der Waals surface area contributed by atoms with E-state index in [2.05, 4.69) is 12.2 Å². The highest BCUT2D eigenvalue weighted by atomic mass is 35.5. The molecule has 1 unspecified atom stereocenters. The molecule has 1 aromatic rings. The number of nitrogens with one attached hydrogen (secondary N) is 1. The van der Waals surface area contributed by atoms with E-state index in [4.69, 9.17) is 21.1 Å². The number of halogens is 1. The maximum Gasteiger partial charge on any atom is 0.142 e. The molecular weight excluding hydrogens is 250 g/mol. The van der Waals surface area contributed by atoms with Crippen molar-refractivity contribution in [3.63, 3.8) is 0 Å². The molecule has 0 amide bonds. The standard InChI is InChI=1S/C14H20ClNO2/c1-2-7-18-14-6-5-11(15)9-13(14)16-10-12-4-3-8-17-12/h5-6,9,12,16H,2-4,7-8,10H2,1H3. The van der Waals surface area contributed by atoms with E-state index < -0.39 is 0 Å². The van der Waals surface area contributed by atoms with Gasteiger partial charge in [0.05, 0.1) is 18.4 Å². The molecule has 4 heteroatoms. The summed E-state index contributed by atoms with van der Waals surface area (Å²) < 4.78 is 11.3. The van der Waals surface area contributed by atoms with Crippen molar-refractivity contribution < 1.29 is 9.47 Å². The molecule has 1 atom stereocenters. The molecule has 1 heterocycles. The molecule has 3 nitrogen and oxygen atoms in total. The SMILES string of the molecule is CCCOc1ccc(Cl)cc1NCC1CCCO1. The second-order valence-electron chi connectivity index (χ2n) is 4.50. The molecule has 100 valence electrons. The summed E-state index contributed by atoms with van der Waals surface area (Å²) in [4.78, 5) is 0. The number of hydrogen-bond acceptors (Lipinski definition) is 3. The van der Waals surface area contributed by atoms with Gasteiger partial charge in [0.2, 0.25) is 0 Å². The molecule has 0 saturated carbocycles. The van der Waals surface area contributed by atoms with E-state index in [1.165, 1.54) is 0 Å². The van der Waals surface area contributed by atoms with Crippen LogP contribution in [0.15, 0.2) is 18.2 Å². The largest absolute Gasteiger partial charge is 0.491 e. The Morgan fingerprint density at radius 1 is 1.50 bits per heavy atom. The molecule has 1 N–H and O–H groups in total. The van der Waals surface area contributed by atoms with Crippen LogP contribution in [0.3, 0.4) is 0 Å². The van der Waals surface area contributed by atoms with Crippen molar-refractivity contribution in [2.45, 2.75) is 32.3 Å². The molecule has 0 aliphatic carbocycles. The zero-order chi connectivity index (χ0) is 12.8. The van der Waals surface area contributed by atoms with Gasteiger partial charge < -0.3 is 14.8 Å². The average Bonchev–Trinajstić information content (AvgIpc) is 2.88. The van der Waals surface area contributed by atoms with Gasteiger partial charge in [0, 0.05) is 18.2 Å². The van der Waals surface area contributed by atoms with Crippen LogP contribution in [0.5, 0.6) is 5.75 Å². The van der Waals surface area contributed by atoms with Gasteiger partial charge in [-0.05, 0) is 37.5 Å². The lowest BCUT2D eigenvalue weighted by Crippen LogP contribution is -2.18. The molecule has 0 radical (unpaired) electrons. The van der Waals surface area contributed by atoms with Gasteiger partial charge in [-0.1, -0.05) is 18.5 Å². The Bertz CT molecular complexity index is 378. The molecule has 18 heavy (non-hydrogen) atoms. The molecule has 0 bridgehead atoms. The van der Waals surface area contributed by atoms with Crippen LogP contribution in [0.4, 0.5) is 5.69 Å². The van der Waals surface area contributed by atoms with Crippen molar-refractivity contribution in [3.8, 4) is 5.75 Å². The molecule has 1 aromatic carbocycles. The first kappa shape index (κ1) is 13.5. The Morgan fingerprint density at radius 3 is 3.11 bits per heavy atom. The normalized spacial score (nSPS) is 18.9. The average molecular weight is 270 g/mol. The first-order chi connectivity index (χ1) is 8.79. The molecule has 1 aliphatic rings. The van der Waals surface area contributed by atoms with Gasteiger partial charge in [-0.15, -0.1) is 0 Å². The monoisotopic (exact) mass is 269 g/mol. The van der Waals surface area contributed by atoms with Crippen LogP contribution in [0, 0.1) is 0 Å². The van der Waals surface area contributed by atoms with Gasteiger partial charge in [0.25, 0.3) is 0 Å². The minimum Gasteiger partial charge on any atom is -0.491 e. The molecule has 2 rings (SSSR count). The van der Waals surface area contributed by atoms with Gasteiger partial charge in [-0.3, -0.25) is 0 Å². The van der Waals surface area contributed by atoms with Crippen LogP contribution in [-0.4, -0.2) is 25.9 Å². The Morgan fingerprint density at radius 2 is 2.39 bits per heavy atom. The summed E-state index contributed by atoms with van der Waals surface area (Å²) in [6.45, 7) is 4.50. The zero-order valence-electron chi connectivity index (χ0n) is 10.7. The lowest BCUT2D eigenvalue weighted by Gasteiger charge is -2.16. The maximum atomic E-state index is 6.02. The number of rotatable bonds is 6. The highest BCUT2D eigenvalue weighted by Gasteiger charge is 2.15. The lowest BCUT2D eigenvalue weighted by molar-refractivity contribution is 0.120. The minimum atomic E-state index is 0.308. The van der Waals surface area contributed by atoms with E-state index in [0.717, 1.165) is 50.5 Å². The molecule has 1 saturated heterocycles. The van der Waals surface area contributed by atoms with Gasteiger partial charge in [-0.25, -0.2) is 0 Å². The smallest absolute Gasteiger partial charge is 0.142 e. The Labute approximate surface area is 113 Å². The molecule has 1 fully saturated rings. The van der Waals surface area contributed by atoms with Crippen molar-refractivity contribution in [2.24, 2.45) is 0 Å². The van der Waals surface area contributed by atoms with E-state index in [1.54, 1.807) is 0 Å². The van der Waals surface area contributed by atoms with Crippen molar-refractivity contribution in [3.05, 3.63) is 23.2 Å². The van der Waals surface area contributed by atoms with Crippen LogP contribution >= 0.6 is 11.6 Å². The lowest BCUT2D eigenvalue weighted by atomic mass is 10.2. The van der Waals surface area contributed by atoms with Gasteiger partial charge >= 0.3 is 0 Å². The summed E-state index contributed by atoms with van der Waals surface area (Å²) in [6.07, 6.45) is 3.58. The van der Waals surface area contributed by atoms with Crippen molar-refractivity contribution in [1.29, 1.82) is 0 Å². The predicted molar refractivity (Wildman–Crippen MR) is 74.7 cm³/mol. The zero-order valence-corrected chi connectivity index (χ0v) is 11.5. The van der Waals surface area contributed by atoms with Gasteiger partial charge in [0.1, 0.15) is 5.75 Å². The third kappa shape index (κ3) is 3.79. The van der Waals surface area contributed by atoms with Crippen LogP contribution in [0.25, 0.3) is 0 Å². The first-order valence-electron chi connectivity index (χ1n) is 6.57. The van der Waals surface area contributed by atoms with E-state index in [9.17, 15) is 0 Å². The molecule has 0 aromatic heterocycles. The Kier molecular flexibility index (Phi) is 5.14. The van der Waals surface area contributed by atoms with Crippen molar-refractivity contribution in [2.75, 3.05) is 25.1 Å². The van der Waals surface area contributed by atoms with Crippen LogP contribution in [0.2, 0.25) is 5.02 Å². The number of hydrogen-bond donors (Lipinski definition) is 1. The van der Waals surface area contributed by atoms with Crippen LogP contribution < -0.4 is 10.1 Å². The summed E-state index contributed by atoms with van der Waals surface area (Å²) >= 11 is 6.02. The fraction of sp³-hybridized carbons (Fsp3) is 0.571. The van der Waals surface area contributed by atoms with E-state index >= 15 is 0 Å². The third-order valence-electron chi connectivity index (χ3n) is 2.95. The Hall–Kier alpha value is -0.930. The number of benzene rings is 1. The van der Waals surface area contributed by atoms with Gasteiger partial charge in [-0.2, -0.15) is 0 Å². The predicted octanol–water partition coefficient (Wildman–Crippen LogP) is 3.72. The van der Waals surface area contributed by atoms with E-state index in [0.29, 0.717) is 11.1 Å². The second kappa shape index (κ2) is 6.86. The number of ether oxygens (including phenoxy) is 2. The highest BCUT2D eigenvalue weighted by molar-refractivity contribution is 6.30. The maximum absolute atomic E-state index is 6.02. The molecule has 0 spiro atoms. The topological polar surface area (TPSA) is 30.5 Å². The van der Waals surface area contributed by atoms with E-state index in [-0.39, 0.29) is 0 Å².